The van der Waals surface area contributed by atoms with Gasteiger partial charge in [0.25, 0.3) is 0 Å². The molecular weight excluding hydrogens is 272 g/mol. The molecule has 0 saturated carbocycles. The van der Waals surface area contributed by atoms with Crippen LogP contribution in [0.3, 0.4) is 0 Å². The van der Waals surface area contributed by atoms with E-state index in [1.54, 1.807) is 0 Å². The van der Waals surface area contributed by atoms with E-state index in [4.69, 9.17) is 10.5 Å². The lowest BCUT2D eigenvalue weighted by molar-refractivity contribution is 0.0601. The number of ether oxygens (including phenoxy) is 1. The molecule has 2 aromatic rings. The minimum absolute atomic E-state index is 0.326. The van der Waals surface area contributed by atoms with Crippen LogP contribution in [-0.2, 0) is 17.7 Å². The SMILES string of the molecule is COC(=O)c1c(N)sc2c1CCN(c1ccccc1)C2. The maximum Gasteiger partial charge on any atom is 0.341 e. The van der Waals surface area contributed by atoms with Gasteiger partial charge in [-0.25, -0.2) is 4.79 Å². The fraction of sp³-hybridized carbons (Fsp3) is 0.267. The van der Waals surface area contributed by atoms with E-state index in [2.05, 4.69) is 17.0 Å². The first-order chi connectivity index (χ1) is 9.70. The number of methoxy groups -OCH3 is 1. The van der Waals surface area contributed by atoms with E-state index in [-0.39, 0.29) is 5.97 Å². The zero-order valence-electron chi connectivity index (χ0n) is 11.3. The Morgan fingerprint density at radius 2 is 2.10 bits per heavy atom. The van der Waals surface area contributed by atoms with Gasteiger partial charge in [0.2, 0.25) is 0 Å². The van der Waals surface area contributed by atoms with Crippen molar-refractivity contribution < 1.29 is 9.53 Å². The molecule has 0 spiro atoms. The zero-order valence-corrected chi connectivity index (χ0v) is 12.1. The fourth-order valence-electron chi connectivity index (χ4n) is 2.61. The van der Waals surface area contributed by atoms with Gasteiger partial charge in [-0.05, 0) is 24.1 Å². The number of thiophene rings is 1. The van der Waals surface area contributed by atoms with E-state index in [1.807, 2.05) is 18.2 Å². The maximum absolute atomic E-state index is 11.8. The van der Waals surface area contributed by atoms with Crippen molar-refractivity contribution in [3.8, 4) is 0 Å². The average molecular weight is 288 g/mol. The topological polar surface area (TPSA) is 55.6 Å². The lowest BCUT2D eigenvalue weighted by Gasteiger charge is -2.29. The molecule has 5 heteroatoms. The molecule has 3 rings (SSSR count). The first kappa shape index (κ1) is 13.0. The summed E-state index contributed by atoms with van der Waals surface area (Å²) in [6.45, 7) is 1.68. The second-order valence-corrected chi connectivity index (χ2v) is 5.88. The summed E-state index contributed by atoms with van der Waals surface area (Å²) in [5.41, 5.74) is 8.81. The van der Waals surface area contributed by atoms with Crippen molar-refractivity contribution in [1.82, 2.24) is 0 Å². The van der Waals surface area contributed by atoms with Crippen LogP contribution in [0.15, 0.2) is 30.3 Å². The van der Waals surface area contributed by atoms with Gasteiger partial charge >= 0.3 is 5.97 Å². The number of benzene rings is 1. The number of carbonyl (C=O) groups excluding carboxylic acids is 1. The lowest BCUT2D eigenvalue weighted by atomic mass is 10.0. The molecule has 0 fully saturated rings. The number of rotatable bonds is 2. The van der Waals surface area contributed by atoms with Gasteiger partial charge in [0, 0.05) is 17.1 Å². The van der Waals surface area contributed by atoms with Crippen LogP contribution in [0.2, 0.25) is 0 Å². The third-order valence-corrected chi connectivity index (χ3v) is 4.64. The van der Waals surface area contributed by atoms with Gasteiger partial charge in [0.15, 0.2) is 0 Å². The Labute approximate surface area is 121 Å². The number of hydrogen-bond acceptors (Lipinski definition) is 5. The first-order valence-corrected chi connectivity index (χ1v) is 7.30. The van der Waals surface area contributed by atoms with Crippen molar-refractivity contribution in [3.63, 3.8) is 0 Å². The van der Waals surface area contributed by atoms with Crippen LogP contribution in [0.5, 0.6) is 0 Å². The molecule has 1 aliphatic heterocycles. The molecule has 0 saturated heterocycles. The highest BCUT2D eigenvalue weighted by atomic mass is 32.1. The minimum atomic E-state index is -0.326. The number of para-hydroxylation sites is 1. The van der Waals surface area contributed by atoms with Gasteiger partial charge in [0.05, 0.1) is 19.2 Å². The molecule has 0 radical (unpaired) electrons. The average Bonchev–Trinajstić information content (AvgIpc) is 2.82. The predicted octanol–water partition coefficient (Wildman–Crippen LogP) is 2.68. The van der Waals surface area contributed by atoms with Gasteiger partial charge in [0.1, 0.15) is 5.00 Å². The standard InChI is InChI=1S/C15H16N2O2S/c1-19-15(18)13-11-7-8-17(9-12(11)20-14(13)16)10-5-3-2-4-6-10/h2-6H,7-9,16H2,1H3. The summed E-state index contributed by atoms with van der Waals surface area (Å²) < 4.78 is 4.83. The van der Waals surface area contributed by atoms with Crippen LogP contribution in [0.25, 0.3) is 0 Å². The Hall–Kier alpha value is -2.01. The molecule has 2 N–H and O–H groups in total. The molecule has 1 aromatic carbocycles. The van der Waals surface area contributed by atoms with Gasteiger partial charge in [-0.2, -0.15) is 0 Å². The van der Waals surface area contributed by atoms with Crippen molar-refractivity contribution in [1.29, 1.82) is 0 Å². The minimum Gasteiger partial charge on any atom is -0.465 e. The molecule has 4 nitrogen and oxygen atoms in total. The molecule has 0 amide bonds. The summed E-state index contributed by atoms with van der Waals surface area (Å²) in [5.74, 6) is -0.326. The maximum atomic E-state index is 11.8. The van der Waals surface area contributed by atoms with Gasteiger partial charge in [-0.15, -0.1) is 11.3 Å². The molecule has 2 heterocycles. The van der Waals surface area contributed by atoms with Gasteiger partial charge in [-0.1, -0.05) is 18.2 Å². The largest absolute Gasteiger partial charge is 0.465 e. The normalized spacial score (nSPS) is 13.9. The highest BCUT2D eigenvalue weighted by Crippen LogP contribution is 2.36. The summed E-state index contributed by atoms with van der Waals surface area (Å²) in [5, 5.41) is 0.566. The predicted molar refractivity (Wildman–Crippen MR) is 81.3 cm³/mol. The third kappa shape index (κ3) is 2.14. The summed E-state index contributed by atoms with van der Waals surface area (Å²) >= 11 is 1.49. The molecule has 0 aliphatic carbocycles. The summed E-state index contributed by atoms with van der Waals surface area (Å²) in [6.07, 6.45) is 0.822. The van der Waals surface area contributed by atoms with E-state index in [9.17, 15) is 4.79 Å². The van der Waals surface area contributed by atoms with Crippen molar-refractivity contribution in [3.05, 3.63) is 46.3 Å². The van der Waals surface area contributed by atoms with Crippen LogP contribution >= 0.6 is 11.3 Å². The molecular formula is C15H16N2O2S. The smallest absolute Gasteiger partial charge is 0.341 e. The van der Waals surface area contributed by atoms with Crippen LogP contribution in [0.1, 0.15) is 20.8 Å². The number of anilines is 2. The quantitative estimate of drug-likeness (QED) is 0.863. The Balaban J connectivity index is 1.92. The summed E-state index contributed by atoms with van der Waals surface area (Å²) in [4.78, 5) is 15.3. The molecule has 0 unspecified atom stereocenters. The molecule has 0 bridgehead atoms. The molecule has 104 valence electrons. The van der Waals surface area contributed by atoms with Crippen LogP contribution < -0.4 is 10.6 Å². The van der Waals surface area contributed by atoms with E-state index >= 15 is 0 Å². The number of nitrogens with two attached hydrogens (primary N) is 1. The van der Waals surface area contributed by atoms with Crippen molar-refractivity contribution in [2.75, 3.05) is 24.3 Å². The highest BCUT2D eigenvalue weighted by molar-refractivity contribution is 7.16. The Morgan fingerprint density at radius 1 is 1.35 bits per heavy atom. The number of hydrogen-bond donors (Lipinski definition) is 1. The number of carbonyl (C=O) groups is 1. The molecule has 20 heavy (non-hydrogen) atoms. The second kappa shape index (κ2) is 5.17. The van der Waals surface area contributed by atoms with Crippen LogP contribution in [-0.4, -0.2) is 19.6 Å². The Morgan fingerprint density at radius 3 is 2.80 bits per heavy atom. The van der Waals surface area contributed by atoms with E-state index in [1.165, 1.54) is 24.1 Å². The van der Waals surface area contributed by atoms with Crippen LogP contribution in [0, 0.1) is 0 Å². The number of nitrogens with zero attached hydrogens (tertiary/aromatic N) is 1. The lowest BCUT2D eigenvalue weighted by Crippen LogP contribution is -2.30. The Kier molecular flexibility index (Phi) is 3.36. The number of fused-ring (bicyclic) bond motifs is 1. The van der Waals surface area contributed by atoms with Crippen molar-refractivity contribution in [2.24, 2.45) is 0 Å². The highest BCUT2D eigenvalue weighted by Gasteiger charge is 2.27. The Bertz CT molecular complexity index is 637. The number of nitrogen functional groups attached to an aromatic ring is 1. The summed E-state index contributed by atoms with van der Waals surface area (Å²) in [6, 6.07) is 10.3. The number of esters is 1. The summed E-state index contributed by atoms with van der Waals surface area (Å²) in [7, 11) is 1.39. The van der Waals surface area contributed by atoms with Gasteiger partial charge in [-0.3, -0.25) is 0 Å². The van der Waals surface area contributed by atoms with E-state index < -0.39 is 0 Å². The zero-order chi connectivity index (χ0) is 14.1. The molecule has 1 aliphatic rings. The van der Waals surface area contributed by atoms with Crippen molar-refractivity contribution >= 4 is 28.0 Å². The molecule has 0 atom stereocenters. The van der Waals surface area contributed by atoms with E-state index in [0.29, 0.717) is 10.6 Å². The van der Waals surface area contributed by atoms with Crippen LogP contribution in [0.4, 0.5) is 10.7 Å². The fourth-order valence-corrected chi connectivity index (χ4v) is 3.73. The monoisotopic (exact) mass is 288 g/mol. The third-order valence-electron chi connectivity index (χ3n) is 3.59. The first-order valence-electron chi connectivity index (χ1n) is 6.49. The van der Waals surface area contributed by atoms with Crippen molar-refractivity contribution in [2.45, 2.75) is 13.0 Å². The molecule has 1 aromatic heterocycles. The second-order valence-electron chi connectivity index (χ2n) is 4.74. The van der Waals surface area contributed by atoms with E-state index in [0.717, 1.165) is 30.0 Å². The van der Waals surface area contributed by atoms with Gasteiger partial charge < -0.3 is 15.4 Å².